The second-order valence-electron chi connectivity index (χ2n) is 7.45. The zero-order valence-corrected chi connectivity index (χ0v) is 13.4. The molecule has 3 fully saturated rings. The first-order valence-corrected chi connectivity index (χ1v) is 8.92. The van der Waals surface area contributed by atoms with Gasteiger partial charge in [0.25, 0.3) is 0 Å². The molecule has 3 rings (SSSR count). The molecule has 0 spiro atoms. The summed E-state index contributed by atoms with van der Waals surface area (Å²) in [6, 6.07) is 0. The van der Waals surface area contributed by atoms with Gasteiger partial charge in [0.15, 0.2) is 0 Å². The van der Waals surface area contributed by atoms with Crippen molar-refractivity contribution < 1.29 is 13.6 Å². The predicted octanol–water partition coefficient (Wildman–Crippen LogP) is 3.15. The molecule has 22 heavy (non-hydrogen) atoms. The average Bonchev–Trinajstić information content (AvgIpc) is 2.95. The Balaban J connectivity index is 1.48. The largest absolute Gasteiger partial charge is 0.342 e. The Morgan fingerprint density at radius 3 is 2.55 bits per heavy atom. The molecule has 0 radical (unpaired) electrons. The first-order chi connectivity index (χ1) is 10.5. The van der Waals surface area contributed by atoms with Crippen LogP contribution in [0.5, 0.6) is 0 Å². The van der Waals surface area contributed by atoms with Gasteiger partial charge < -0.3 is 9.80 Å². The molecule has 1 aliphatic carbocycles. The summed E-state index contributed by atoms with van der Waals surface area (Å²) in [6.45, 7) is 4.97. The number of carbonyl (C=O) groups is 1. The zero-order valence-electron chi connectivity index (χ0n) is 13.4. The normalized spacial score (nSPS) is 33.1. The average molecular weight is 314 g/mol. The van der Waals surface area contributed by atoms with E-state index >= 15 is 0 Å². The second-order valence-corrected chi connectivity index (χ2v) is 7.45. The lowest BCUT2D eigenvalue weighted by Crippen LogP contribution is -2.40. The Bertz CT molecular complexity index is 396. The summed E-state index contributed by atoms with van der Waals surface area (Å²) in [5.74, 6) is -2.56. The quantitative estimate of drug-likeness (QED) is 0.799. The Morgan fingerprint density at radius 2 is 1.82 bits per heavy atom. The van der Waals surface area contributed by atoms with E-state index in [-0.39, 0.29) is 18.7 Å². The summed E-state index contributed by atoms with van der Waals surface area (Å²) in [7, 11) is 0. The van der Waals surface area contributed by atoms with E-state index in [9.17, 15) is 13.6 Å². The van der Waals surface area contributed by atoms with Crippen molar-refractivity contribution in [1.82, 2.24) is 9.80 Å². The van der Waals surface area contributed by atoms with E-state index in [1.807, 2.05) is 4.90 Å². The number of amides is 1. The molecule has 2 heterocycles. The minimum absolute atomic E-state index is 0.0134. The summed E-state index contributed by atoms with van der Waals surface area (Å²) in [4.78, 5) is 16.9. The van der Waals surface area contributed by atoms with Crippen LogP contribution < -0.4 is 0 Å². The molecule has 126 valence electrons. The number of likely N-dealkylation sites (tertiary alicyclic amines) is 2. The van der Waals surface area contributed by atoms with Crippen LogP contribution in [0.1, 0.15) is 51.4 Å². The van der Waals surface area contributed by atoms with Gasteiger partial charge in [-0.2, -0.15) is 0 Å². The van der Waals surface area contributed by atoms with Crippen molar-refractivity contribution in [2.75, 3.05) is 32.7 Å². The van der Waals surface area contributed by atoms with Gasteiger partial charge in [0.05, 0.1) is 0 Å². The highest BCUT2D eigenvalue weighted by molar-refractivity contribution is 5.79. The maximum Gasteiger partial charge on any atom is 0.248 e. The van der Waals surface area contributed by atoms with Gasteiger partial charge in [-0.25, -0.2) is 8.78 Å². The molecule has 0 unspecified atom stereocenters. The molecule has 2 saturated heterocycles. The maximum absolute atomic E-state index is 13.5. The molecule has 5 heteroatoms. The topological polar surface area (TPSA) is 23.6 Å². The zero-order chi connectivity index (χ0) is 15.6. The number of hydrogen-bond acceptors (Lipinski definition) is 2. The smallest absolute Gasteiger partial charge is 0.248 e. The molecular formula is C17H28F2N2O. The summed E-state index contributed by atoms with van der Waals surface area (Å²) in [6.07, 6.45) is 5.77. The number of halogens is 2. The summed E-state index contributed by atoms with van der Waals surface area (Å²) >= 11 is 0. The van der Waals surface area contributed by atoms with Crippen LogP contribution >= 0.6 is 0 Å². The third kappa shape index (κ3) is 3.98. The van der Waals surface area contributed by atoms with Crippen LogP contribution in [0.15, 0.2) is 0 Å². The summed E-state index contributed by atoms with van der Waals surface area (Å²) < 4.78 is 27.0. The van der Waals surface area contributed by atoms with Crippen molar-refractivity contribution in [3.8, 4) is 0 Å². The van der Waals surface area contributed by atoms with Crippen molar-refractivity contribution >= 4 is 5.91 Å². The van der Waals surface area contributed by atoms with Gasteiger partial charge >= 0.3 is 0 Å². The molecule has 0 bridgehead atoms. The molecule has 2 atom stereocenters. The van der Waals surface area contributed by atoms with E-state index in [1.165, 1.54) is 32.4 Å². The van der Waals surface area contributed by atoms with E-state index < -0.39 is 11.8 Å². The number of carbonyl (C=O) groups excluding carboxylic acids is 1. The molecule has 2 aliphatic heterocycles. The Hall–Kier alpha value is -0.710. The van der Waals surface area contributed by atoms with E-state index in [0.717, 1.165) is 26.1 Å². The highest BCUT2D eigenvalue weighted by atomic mass is 19.3. The highest BCUT2D eigenvalue weighted by Crippen LogP contribution is 2.38. The van der Waals surface area contributed by atoms with E-state index in [2.05, 4.69) is 4.90 Å². The van der Waals surface area contributed by atoms with Crippen LogP contribution in [0.3, 0.4) is 0 Å². The Labute approximate surface area is 132 Å². The lowest BCUT2D eigenvalue weighted by Gasteiger charge is -2.31. The fourth-order valence-electron chi connectivity index (χ4n) is 4.33. The van der Waals surface area contributed by atoms with E-state index in [1.54, 1.807) is 0 Å². The monoisotopic (exact) mass is 314 g/mol. The molecular weight excluding hydrogens is 286 g/mol. The van der Waals surface area contributed by atoms with Crippen LogP contribution in [0, 0.1) is 11.8 Å². The van der Waals surface area contributed by atoms with Crippen molar-refractivity contribution in [3.63, 3.8) is 0 Å². The van der Waals surface area contributed by atoms with Crippen LogP contribution in [-0.2, 0) is 4.79 Å². The third-order valence-electron chi connectivity index (χ3n) is 5.55. The van der Waals surface area contributed by atoms with Gasteiger partial charge in [-0.15, -0.1) is 0 Å². The first-order valence-electron chi connectivity index (χ1n) is 8.92. The molecule has 0 aromatic heterocycles. The van der Waals surface area contributed by atoms with Crippen molar-refractivity contribution in [2.24, 2.45) is 11.8 Å². The minimum Gasteiger partial charge on any atom is -0.342 e. The lowest BCUT2D eigenvalue weighted by atomic mass is 9.85. The lowest BCUT2D eigenvalue weighted by molar-refractivity contribution is -0.141. The molecule has 1 saturated carbocycles. The van der Waals surface area contributed by atoms with Crippen molar-refractivity contribution in [3.05, 3.63) is 0 Å². The number of piperidine rings is 1. The van der Waals surface area contributed by atoms with E-state index in [0.29, 0.717) is 18.8 Å². The van der Waals surface area contributed by atoms with Gasteiger partial charge in [0.1, 0.15) is 0 Å². The van der Waals surface area contributed by atoms with Crippen LogP contribution in [0.4, 0.5) is 8.78 Å². The molecule has 0 aromatic carbocycles. The highest BCUT2D eigenvalue weighted by Gasteiger charge is 2.41. The van der Waals surface area contributed by atoms with Gasteiger partial charge in [-0.05, 0) is 51.1 Å². The summed E-state index contributed by atoms with van der Waals surface area (Å²) in [5.41, 5.74) is 0. The summed E-state index contributed by atoms with van der Waals surface area (Å²) in [5, 5.41) is 0. The van der Waals surface area contributed by atoms with Crippen molar-refractivity contribution in [1.29, 1.82) is 0 Å². The standard InChI is InChI=1S/C17H28F2N2O/c18-17(19)7-4-5-15(11-17)16(22)21-10-6-14(13-21)12-20-8-2-1-3-9-20/h14-15H,1-13H2/t14-,15+/m0/s1. The number of hydrogen-bond donors (Lipinski definition) is 0. The predicted molar refractivity (Wildman–Crippen MR) is 81.9 cm³/mol. The van der Waals surface area contributed by atoms with Gasteiger partial charge in [-0.1, -0.05) is 6.42 Å². The van der Waals surface area contributed by atoms with Gasteiger partial charge in [-0.3, -0.25) is 4.79 Å². The second kappa shape index (κ2) is 6.81. The molecule has 0 N–H and O–H groups in total. The minimum atomic E-state index is -2.63. The number of alkyl halides is 2. The Morgan fingerprint density at radius 1 is 1.05 bits per heavy atom. The Kier molecular flexibility index (Phi) is 5.00. The van der Waals surface area contributed by atoms with Crippen LogP contribution in [0.25, 0.3) is 0 Å². The molecule has 0 aromatic rings. The SMILES string of the molecule is O=C([C@@H]1CCCC(F)(F)C1)N1CC[C@@H](CN2CCCCC2)C1. The van der Waals surface area contributed by atoms with E-state index in [4.69, 9.17) is 0 Å². The number of nitrogens with zero attached hydrogens (tertiary/aromatic N) is 2. The fraction of sp³-hybridized carbons (Fsp3) is 0.941. The third-order valence-corrected chi connectivity index (χ3v) is 5.55. The van der Waals surface area contributed by atoms with Gasteiger partial charge in [0, 0.05) is 38.4 Å². The molecule has 3 nitrogen and oxygen atoms in total. The first kappa shape index (κ1) is 16.2. The van der Waals surface area contributed by atoms with Crippen molar-refractivity contribution in [2.45, 2.75) is 57.3 Å². The fourth-order valence-corrected chi connectivity index (χ4v) is 4.33. The van der Waals surface area contributed by atoms with Crippen LogP contribution in [-0.4, -0.2) is 54.4 Å². The number of rotatable bonds is 3. The molecule has 1 amide bonds. The van der Waals surface area contributed by atoms with Gasteiger partial charge in [0.2, 0.25) is 11.8 Å². The van der Waals surface area contributed by atoms with Crippen LogP contribution in [0.2, 0.25) is 0 Å². The maximum atomic E-state index is 13.5. The molecule has 3 aliphatic rings.